The van der Waals surface area contributed by atoms with Crippen LogP contribution in [-0.4, -0.2) is 25.6 Å². The van der Waals surface area contributed by atoms with E-state index < -0.39 is 0 Å². The van der Waals surface area contributed by atoms with Gasteiger partial charge in [-0.25, -0.2) is 0 Å². The highest BCUT2D eigenvalue weighted by molar-refractivity contribution is 9.10. The Bertz CT molecular complexity index is 279. The van der Waals surface area contributed by atoms with E-state index in [2.05, 4.69) is 45.5 Å². The first-order valence-electron chi connectivity index (χ1n) is 5.42. The van der Waals surface area contributed by atoms with E-state index in [1.807, 2.05) is 0 Å². The molecule has 0 saturated heterocycles. The Hall–Kier alpha value is -0.0900. The fourth-order valence-electron chi connectivity index (χ4n) is 1.29. The number of ether oxygens (including phenoxy) is 1. The molecule has 1 aromatic rings. The van der Waals surface area contributed by atoms with Crippen LogP contribution < -0.4 is 5.32 Å². The predicted octanol–water partition coefficient (Wildman–Crippen LogP) is 3.18. The molecule has 0 bridgehead atoms. The first kappa shape index (κ1) is 14.0. The maximum atomic E-state index is 5.49. The molecule has 0 aromatic heterocycles. The van der Waals surface area contributed by atoms with Gasteiger partial charge in [-0.05, 0) is 30.7 Å². The summed E-state index contributed by atoms with van der Waals surface area (Å²) in [6.45, 7) is 3.30. The fraction of sp³-hybridized carbons (Fsp3) is 0.500. The lowest BCUT2D eigenvalue weighted by atomic mass is 10.2. The molecule has 0 radical (unpaired) electrons. The van der Waals surface area contributed by atoms with E-state index in [-0.39, 0.29) is 0 Å². The summed E-state index contributed by atoms with van der Waals surface area (Å²) in [6, 6.07) is 8.34. The standard InChI is InChI=1S/C12H17BrClNO/c13-12-4-2-11(3-5-12)10-15-7-1-8-16-9-6-14/h2-5,15H,1,6-10H2. The van der Waals surface area contributed by atoms with Crippen LogP contribution in [0, 0.1) is 0 Å². The van der Waals surface area contributed by atoms with Crippen molar-refractivity contribution in [2.75, 3.05) is 25.6 Å². The number of nitrogens with one attached hydrogen (secondary N) is 1. The molecule has 16 heavy (non-hydrogen) atoms. The Morgan fingerprint density at radius 1 is 1.19 bits per heavy atom. The van der Waals surface area contributed by atoms with Crippen LogP contribution in [0.3, 0.4) is 0 Å². The predicted molar refractivity (Wildman–Crippen MR) is 72.0 cm³/mol. The van der Waals surface area contributed by atoms with Gasteiger partial charge in [-0.15, -0.1) is 11.6 Å². The van der Waals surface area contributed by atoms with Crippen molar-refractivity contribution in [3.8, 4) is 0 Å². The van der Waals surface area contributed by atoms with Crippen LogP contribution in [-0.2, 0) is 11.3 Å². The molecular formula is C12H17BrClNO. The summed E-state index contributed by atoms with van der Waals surface area (Å²) in [7, 11) is 0. The molecule has 0 unspecified atom stereocenters. The molecule has 1 aromatic carbocycles. The van der Waals surface area contributed by atoms with Crippen molar-refractivity contribution in [3.63, 3.8) is 0 Å². The Morgan fingerprint density at radius 3 is 2.62 bits per heavy atom. The summed E-state index contributed by atoms with van der Waals surface area (Å²) in [5, 5.41) is 3.37. The first-order chi connectivity index (χ1) is 7.83. The van der Waals surface area contributed by atoms with Gasteiger partial charge in [-0.3, -0.25) is 0 Å². The molecule has 0 aliphatic carbocycles. The Morgan fingerprint density at radius 2 is 1.94 bits per heavy atom. The molecule has 1 rings (SSSR count). The van der Waals surface area contributed by atoms with Crippen molar-refractivity contribution < 1.29 is 4.74 Å². The molecule has 0 aliphatic rings. The van der Waals surface area contributed by atoms with Crippen molar-refractivity contribution in [2.45, 2.75) is 13.0 Å². The lowest BCUT2D eigenvalue weighted by Crippen LogP contribution is -2.16. The van der Waals surface area contributed by atoms with Crippen LogP contribution >= 0.6 is 27.5 Å². The zero-order chi connectivity index (χ0) is 11.6. The van der Waals surface area contributed by atoms with E-state index in [0.717, 1.165) is 30.6 Å². The molecule has 4 heteroatoms. The Balaban J connectivity index is 2.01. The molecule has 0 aliphatic heterocycles. The lowest BCUT2D eigenvalue weighted by molar-refractivity contribution is 0.146. The van der Waals surface area contributed by atoms with Gasteiger partial charge in [-0.1, -0.05) is 28.1 Å². The van der Waals surface area contributed by atoms with Crippen LogP contribution in [0.2, 0.25) is 0 Å². The van der Waals surface area contributed by atoms with Gasteiger partial charge in [0.1, 0.15) is 0 Å². The molecule has 0 amide bonds. The third-order valence-electron chi connectivity index (χ3n) is 2.11. The zero-order valence-corrected chi connectivity index (χ0v) is 11.6. The first-order valence-corrected chi connectivity index (χ1v) is 6.74. The molecular weight excluding hydrogens is 289 g/mol. The smallest absolute Gasteiger partial charge is 0.0601 e. The molecule has 90 valence electrons. The number of hydrogen-bond acceptors (Lipinski definition) is 2. The largest absolute Gasteiger partial charge is 0.380 e. The van der Waals surface area contributed by atoms with Gasteiger partial charge >= 0.3 is 0 Å². The number of halogens is 2. The normalized spacial score (nSPS) is 10.6. The topological polar surface area (TPSA) is 21.3 Å². The van der Waals surface area contributed by atoms with E-state index in [4.69, 9.17) is 16.3 Å². The lowest BCUT2D eigenvalue weighted by Gasteiger charge is -2.05. The number of alkyl halides is 1. The maximum Gasteiger partial charge on any atom is 0.0601 e. The number of hydrogen-bond donors (Lipinski definition) is 1. The fourth-order valence-corrected chi connectivity index (χ4v) is 1.66. The van der Waals surface area contributed by atoms with E-state index in [1.165, 1.54) is 5.56 Å². The Kier molecular flexibility index (Phi) is 7.85. The quantitative estimate of drug-likeness (QED) is 0.588. The van der Waals surface area contributed by atoms with Crippen molar-refractivity contribution >= 4 is 27.5 Å². The van der Waals surface area contributed by atoms with Crippen LogP contribution in [0.5, 0.6) is 0 Å². The maximum absolute atomic E-state index is 5.49. The van der Waals surface area contributed by atoms with Crippen molar-refractivity contribution in [1.29, 1.82) is 0 Å². The van der Waals surface area contributed by atoms with Gasteiger partial charge in [0.25, 0.3) is 0 Å². The second kappa shape index (κ2) is 8.99. The van der Waals surface area contributed by atoms with Gasteiger partial charge in [0, 0.05) is 23.5 Å². The molecule has 0 spiro atoms. The van der Waals surface area contributed by atoms with Crippen molar-refractivity contribution in [1.82, 2.24) is 5.32 Å². The van der Waals surface area contributed by atoms with E-state index in [1.54, 1.807) is 0 Å². The average Bonchev–Trinajstić information content (AvgIpc) is 2.30. The summed E-state index contributed by atoms with van der Waals surface area (Å²) in [5.74, 6) is 0.576. The van der Waals surface area contributed by atoms with Crippen molar-refractivity contribution in [3.05, 3.63) is 34.3 Å². The van der Waals surface area contributed by atoms with Crippen molar-refractivity contribution in [2.24, 2.45) is 0 Å². The minimum absolute atomic E-state index is 0.576. The third kappa shape index (κ3) is 6.48. The summed E-state index contributed by atoms with van der Waals surface area (Å²) in [5.41, 5.74) is 1.30. The van der Waals surface area contributed by atoms with Crippen LogP contribution in [0.1, 0.15) is 12.0 Å². The van der Waals surface area contributed by atoms with E-state index in [9.17, 15) is 0 Å². The summed E-state index contributed by atoms with van der Waals surface area (Å²) >= 11 is 8.90. The van der Waals surface area contributed by atoms with Crippen LogP contribution in [0.15, 0.2) is 28.7 Å². The molecule has 0 atom stereocenters. The summed E-state index contributed by atoms with van der Waals surface area (Å²) in [6.07, 6.45) is 1.02. The third-order valence-corrected chi connectivity index (χ3v) is 2.79. The van der Waals surface area contributed by atoms with Crippen LogP contribution in [0.25, 0.3) is 0 Å². The van der Waals surface area contributed by atoms with Crippen LogP contribution in [0.4, 0.5) is 0 Å². The molecule has 0 saturated carbocycles. The Labute approximate surface area is 110 Å². The van der Waals surface area contributed by atoms with E-state index >= 15 is 0 Å². The molecule has 0 fully saturated rings. The molecule has 1 N–H and O–H groups in total. The second-order valence-electron chi connectivity index (χ2n) is 3.46. The van der Waals surface area contributed by atoms with Gasteiger partial charge in [0.15, 0.2) is 0 Å². The summed E-state index contributed by atoms with van der Waals surface area (Å²) in [4.78, 5) is 0. The van der Waals surface area contributed by atoms with Gasteiger partial charge in [-0.2, -0.15) is 0 Å². The highest BCUT2D eigenvalue weighted by Gasteiger charge is 1.93. The van der Waals surface area contributed by atoms with Gasteiger partial charge in [0.05, 0.1) is 6.61 Å². The van der Waals surface area contributed by atoms with Gasteiger partial charge in [0.2, 0.25) is 0 Å². The monoisotopic (exact) mass is 305 g/mol. The van der Waals surface area contributed by atoms with Gasteiger partial charge < -0.3 is 10.1 Å². The minimum atomic E-state index is 0.576. The summed E-state index contributed by atoms with van der Waals surface area (Å²) < 4.78 is 6.39. The zero-order valence-electron chi connectivity index (χ0n) is 9.22. The number of benzene rings is 1. The number of rotatable bonds is 8. The van der Waals surface area contributed by atoms with E-state index in [0.29, 0.717) is 12.5 Å². The highest BCUT2D eigenvalue weighted by atomic mass is 79.9. The average molecular weight is 307 g/mol. The molecule has 0 heterocycles. The highest BCUT2D eigenvalue weighted by Crippen LogP contribution is 2.09. The molecule has 2 nitrogen and oxygen atoms in total. The SMILES string of the molecule is ClCCOCCCNCc1ccc(Br)cc1. The minimum Gasteiger partial charge on any atom is -0.380 e. The second-order valence-corrected chi connectivity index (χ2v) is 4.75.